The van der Waals surface area contributed by atoms with Crippen molar-refractivity contribution in [2.45, 2.75) is 51.9 Å². The van der Waals surface area contributed by atoms with E-state index in [2.05, 4.69) is 31.6 Å². The fraction of sp³-hybridized carbons (Fsp3) is 0.714. The number of methoxy groups -OCH3 is 1. The summed E-state index contributed by atoms with van der Waals surface area (Å²) >= 11 is 6.65. The van der Waals surface area contributed by atoms with Gasteiger partial charge in [-0.05, 0) is 62.5 Å². The maximum absolute atomic E-state index is 5.38. The molecule has 0 N–H and O–H groups in total. The van der Waals surface area contributed by atoms with Crippen molar-refractivity contribution in [3.63, 3.8) is 0 Å². The minimum atomic E-state index is 0.742. The summed E-state index contributed by atoms with van der Waals surface area (Å²) in [4.78, 5) is 7.95. The first-order valence-electron chi connectivity index (χ1n) is 10.4. The molecule has 0 aliphatic heterocycles. The molecule has 7 heteroatoms. The standard InChI is InChI=1S/C21H32N4OS2/c1-16(27)14-25(11-4-12-26-2)15-18-6-3-5-17(7-8-18)13-19-9-10-22-21-20(19)23-28-24-21/h9-10,17-18H,3-8,11-15H2,1-2H3. The molecule has 0 saturated heterocycles. The van der Waals surface area contributed by atoms with Crippen LogP contribution in [0.15, 0.2) is 12.3 Å². The molecule has 1 aliphatic carbocycles. The Morgan fingerprint density at radius 2 is 2.07 bits per heavy atom. The Morgan fingerprint density at radius 3 is 2.89 bits per heavy atom. The van der Waals surface area contributed by atoms with Crippen LogP contribution in [0.5, 0.6) is 0 Å². The van der Waals surface area contributed by atoms with Crippen molar-refractivity contribution in [3.8, 4) is 0 Å². The molecule has 3 rings (SSSR count). The highest BCUT2D eigenvalue weighted by atomic mass is 32.1. The van der Waals surface area contributed by atoms with Crippen LogP contribution in [0.25, 0.3) is 11.2 Å². The Morgan fingerprint density at radius 1 is 1.25 bits per heavy atom. The number of ether oxygens (including phenoxy) is 1. The molecule has 2 heterocycles. The van der Waals surface area contributed by atoms with E-state index in [0.29, 0.717) is 0 Å². The van der Waals surface area contributed by atoms with Crippen molar-refractivity contribution in [2.24, 2.45) is 11.8 Å². The van der Waals surface area contributed by atoms with E-state index in [-0.39, 0.29) is 0 Å². The lowest BCUT2D eigenvalue weighted by atomic mass is 9.92. The van der Waals surface area contributed by atoms with Crippen LogP contribution in [0.1, 0.15) is 51.0 Å². The second-order valence-corrected chi connectivity index (χ2v) is 9.36. The number of thiocarbonyl (C=S) groups is 1. The monoisotopic (exact) mass is 420 g/mol. The van der Waals surface area contributed by atoms with Gasteiger partial charge < -0.3 is 4.74 Å². The molecule has 0 amide bonds. The smallest absolute Gasteiger partial charge is 0.193 e. The third-order valence-electron chi connectivity index (χ3n) is 5.75. The molecule has 154 valence electrons. The van der Waals surface area contributed by atoms with Gasteiger partial charge in [-0.25, -0.2) is 4.98 Å². The van der Waals surface area contributed by atoms with Gasteiger partial charge in [-0.3, -0.25) is 4.90 Å². The maximum atomic E-state index is 5.38. The van der Waals surface area contributed by atoms with Gasteiger partial charge in [0.15, 0.2) is 5.65 Å². The average Bonchev–Trinajstić information content (AvgIpc) is 3.05. The zero-order valence-corrected chi connectivity index (χ0v) is 18.7. The fourth-order valence-electron chi connectivity index (χ4n) is 4.41. The van der Waals surface area contributed by atoms with Crippen molar-refractivity contribution in [1.82, 2.24) is 18.6 Å². The average molecular weight is 421 g/mol. The van der Waals surface area contributed by atoms with Crippen LogP contribution in [0.3, 0.4) is 0 Å². The van der Waals surface area contributed by atoms with Gasteiger partial charge in [0.2, 0.25) is 0 Å². The van der Waals surface area contributed by atoms with Gasteiger partial charge in [-0.1, -0.05) is 25.1 Å². The van der Waals surface area contributed by atoms with Crippen molar-refractivity contribution < 1.29 is 4.74 Å². The zero-order valence-electron chi connectivity index (χ0n) is 17.1. The number of hydrogen-bond donors (Lipinski definition) is 0. The van der Waals surface area contributed by atoms with Gasteiger partial charge in [0.25, 0.3) is 0 Å². The molecule has 0 radical (unpaired) electrons. The third-order valence-corrected chi connectivity index (χ3v) is 6.40. The SMILES string of the molecule is COCCCN(CC(C)=S)CC1CCCC(Cc2ccnc3nsnc23)CC1. The molecule has 0 bridgehead atoms. The number of fused-ring (bicyclic) bond motifs is 1. The summed E-state index contributed by atoms with van der Waals surface area (Å²) in [6.45, 7) is 6.06. The van der Waals surface area contributed by atoms with Crippen molar-refractivity contribution in [1.29, 1.82) is 0 Å². The Bertz CT molecular complexity index is 751. The largest absolute Gasteiger partial charge is 0.385 e. The molecule has 2 aromatic heterocycles. The summed E-state index contributed by atoms with van der Waals surface area (Å²) < 4.78 is 14.0. The number of rotatable bonds is 10. The van der Waals surface area contributed by atoms with Crippen LogP contribution in [0, 0.1) is 11.8 Å². The molecule has 1 fully saturated rings. The lowest BCUT2D eigenvalue weighted by Crippen LogP contribution is -2.34. The Kier molecular flexibility index (Phi) is 8.70. The van der Waals surface area contributed by atoms with E-state index in [1.807, 2.05) is 6.20 Å². The summed E-state index contributed by atoms with van der Waals surface area (Å²) in [5.41, 5.74) is 3.13. The van der Waals surface area contributed by atoms with Gasteiger partial charge in [0, 0.05) is 44.4 Å². The Hall–Kier alpha value is -1.02. The lowest BCUT2D eigenvalue weighted by molar-refractivity contribution is 0.168. The van der Waals surface area contributed by atoms with E-state index in [1.165, 1.54) is 55.9 Å². The molecule has 2 aromatic rings. The van der Waals surface area contributed by atoms with E-state index in [0.717, 1.165) is 60.4 Å². The van der Waals surface area contributed by atoms with Gasteiger partial charge in [-0.2, -0.15) is 8.75 Å². The van der Waals surface area contributed by atoms with Crippen molar-refractivity contribution in [2.75, 3.05) is 33.4 Å². The van der Waals surface area contributed by atoms with E-state index < -0.39 is 0 Å². The normalized spacial score (nSPS) is 20.5. The summed E-state index contributed by atoms with van der Waals surface area (Å²) in [5.74, 6) is 1.52. The van der Waals surface area contributed by atoms with Crippen LogP contribution >= 0.6 is 23.9 Å². The number of nitrogens with zero attached hydrogens (tertiary/aromatic N) is 4. The van der Waals surface area contributed by atoms with Gasteiger partial charge in [0.1, 0.15) is 5.52 Å². The fourth-order valence-corrected chi connectivity index (χ4v) is 5.13. The highest BCUT2D eigenvalue weighted by Crippen LogP contribution is 2.31. The van der Waals surface area contributed by atoms with Crippen molar-refractivity contribution >= 4 is 40.0 Å². The minimum Gasteiger partial charge on any atom is -0.385 e. The molecular formula is C21H32N4OS2. The molecular weight excluding hydrogens is 388 g/mol. The van der Waals surface area contributed by atoms with Crippen LogP contribution < -0.4 is 0 Å². The summed E-state index contributed by atoms with van der Waals surface area (Å²) in [6, 6.07) is 2.13. The van der Waals surface area contributed by atoms with Gasteiger partial charge in [0.05, 0.1) is 11.7 Å². The number of pyridine rings is 1. The number of aromatic nitrogens is 3. The predicted molar refractivity (Wildman–Crippen MR) is 120 cm³/mol. The highest BCUT2D eigenvalue weighted by Gasteiger charge is 2.22. The molecule has 28 heavy (non-hydrogen) atoms. The maximum Gasteiger partial charge on any atom is 0.193 e. The quantitative estimate of drug-likeness (QED) is 0.319. The summed E-state index contributed by atoms with van der Waals surface area (Å²) in [6.07, 6.45) is 10.6. The Balaban J connectivity index is 1.53. The van der Waals surface area contributed by atoms with Crippen LogP contribution in [-0.4, -0.2) is 56.8 Å². The summed E-state index contributed by atoms with van der Waals surface area (Å²) in [7, 11) is 1.78. The topological polar surface area (TPSA) is 51.1 Å². The molecule has 1 aliphatic rings. The number of hydrogen-bond acceptors (Lipinski definition) is 7. The second-order valence-electron chi connectivity index (χ2n) is 8.13. The zero-order chi connectivity index (χ0) is 19.8. The van der Waals surface area contributed by atoms with Crippen LogP contribution in [0.2, 0.25) is 0 Å². The first-order valence-corrected chi connectivity index (χ1v) is 11.6. The van der Waals surface area contributed by atoms with E-state index in [9.17, 15) is 0 Å². The predicted octanol–water partition coefficient (Wildman–Crippen LogP) is 4.55. The second kappa shape index (κ2) is 11.2. The van der Waals surface area contributed by atoms with Gasteiger partial charge >= 0.3 is 0 Å². The molecule has 5 nitrogen and oxygen atoms in total. The molecule has 2 atom stereocenters. The summed E-state index contributed by atoms with van der Waals surface area (Å²) in [5, 5.41) is 0. The van der Waals surface area contributed by atoms with Crippen LogP contribution in [-0.2, 0) is 11.2 Å². The first-order chi connectivity index (χ1) is 13.7. The van der Waals surface area contributed by atoms with E-state index >= 15 is 0 Å². The molecule has 2 unspecified atom stereocenters. The van der Waals surface area contributed by atoms with Crippen LogP contribution in [0.4, 0.5) is 0 Å². The molecule has 0 spiro atoms. The Labute approximate surface area is 178 Å². The van der Waals surface area contributed by atoms with E-state index in [4.69, 9.17) is 17.0 Å². The van der Waals surface area contributed by atoms with E-state index in [1.54, 1.807) is 7.11 Å². The third kappa shape index (κ3) is 6.51. The molecule has 0 aromatic carbocycles. The highest BCUT2D eigenvalue weighted by molar-refractivity contribution is 7.80. The minimum absolute atomic E-state index is 0.742. The first kappa shape index (κ1) is 21.7. The molecule has 1 saturated carbocycles. The van der Waals surface area contributed by atoms with Crippen molar-refractivity contribution in [3.05, 3.63) is 17.8 Å². The lowest BCUT2D eigenvalue weighted by Gasteiger charge is -2.27. The van der Waals surface area contributed by atoms with Gasteiger partial charge in [-0.15, -0.1) is 0 Å².